The third-order valence-electron chi connectivity index (χ3n) is 2.65. The molecule has 0 saturated carbocycles. The summed E-state index contributed by atoms with van der Waals surface area (Å²) in [7, 11) is 0. The summed E-state index contributed by atoms with van der Waals surface area (Å²) in [5, 5.41) is 12.3. The van der Waals surface area contributed by atoms with Gasteiger partial charge in [-0.15, -0.1) is 0 Å². The maximum atomic E-state index is 11.8. The summed E-state index contributed by atoms with van der Waals surface area (Å²) in [5.74, 6) is 0.556. The van der Waals surface area contributed by atoms with Crippen molar-refractivity contribution in [1.82, 2.24) is 0 Å². The van der Waals surface area contributed by atoms with Gasteiger partial charge >= 0.3 is 0 Å². The quantitative estimate of drug-likeness (QED) is 0.841. The zero-order valence-electron chi connectivity index (χ0n) is 10.9. The SMILES string of the molecule is Cc1cc(NC(=O)COc2ccccc2)cc(Br)c1O. The summed E-state index contributed by atoms with van der Waals surface area (Å²) < 4.78 is 5.89. The van der Waals surface area contributed by atoms with Gasteiger partial charge in [0, 0.05) is 5.69 Å². The standard InChI is InChI=1S/C15H14BrNO3/c1-10-7-11(8-13(16)15(10)19)17-14(18)9-20-12-5-3-2-4-6-12/h2-8,19H,9H2,1H3,(H,17,18). The molecule has 2 N–H and O–H groups in total. The molecular weight excluding hydrogens is 322 g/mol. The van der Waals surface area contributed by atoms with Gasteiger partial charge in [0.15, 0.2) is 6.61 Å². The van der Waals surface area contributed by atoms with Crippen molar-refractivity contribution in [2.75, 3.05) is 11.9 Å². The van der Waals surface area contributed by atoms with Gasteiger partial charge in [-0.3, -0.25) is 4.79 Å². The predicted octanol–water partition coefficient (Wildman–Crippen LogP) is 3.48. The first-order valence-electron chi connectivity index (χ1n) is 6.03. The molecule has 0 aromatic heterocycles. The van der Waals surface area contributed by atoms with Crippen LogP contribution in [0.2, 0.25) is 0 Å². The van der Waals surface area contributed by atoms with Crippen LogP contribution < -0.4 is 10.1 Å². The monoisotopic (exact) mass is 335 g/mol. The van der Waals surface area contributed by atoms with Gasteiger partial charge in [0.05, 0.1) is 4.47 Å². The van der Waals surface area contributed by atoms with E-state index < -0.39 is 0 Å². The first-order chi connectivity index (χ1) is 9.56. The molecule has 0 heterocycles. The zero-order valence-corrected chi connectivity index (χ0v) is 12.5. The van der Waals surface area contributed by atoms with Gasteiger partial charge in [0.2, 0.25) is 0 Å². The van der Waals surface area contributed by atoms with E-state index in [9.17, 15) is 9.90 Å². The second-order valence-electron chi connectivity index (χ2n) is 4.27. The second-order valence-corrected chi connectivity index (χ2v) is 5.13. The number of hydrogen-bond acceptors (Lipinski definition) is 3. The van der Waals surface area contributed by atoms with Crippen LogP contribution in [0.4, 0.5) is 5.69 Å². The fourth-order valence-electron chi connectivity index (χ4n) is 1.67. The number of rotatable bonds is 4. The van der Waals surface area contributed by atoms with Crippen LogP contribution in [0.15, 0.2) is 46.9 Å². The topological polar surface area (TPSA) is 58.6 Å². The Kier molecular flexibility index (Phi) is 4.63. The highest BCUT2D eigenvalue weighted by molar-refractivity contribution is 9.10. The Morgan fingerprint density at radius 3 is 2.65 bits per heavy atom. The highest BCUT2D eigenvalue weighted by atomic mass is 79.9. The minimum atomic E-state index is -0.258. The number of aromatic hydroxyl groups is 1. The van der Waals surface area contributed by atoms with Gasteiger partial charge in [-0.1, -0.05) is 18.2 Å². The molecule has 0 radical (unpaired) electrons. The summed E-state index contributed by atoms with van der Waals surface area (Å²) in [5.41, 5.74) is 1.28. The number of para-hydroxylation sites is 1. The number of halogens is 1. The first kappa shape index (κ1) is 14.4. The maximum absolute atomic E-state index is 11.8. The molecule has 0 fully saturated rings. The molecule has 0 unspecified atom stereocenters. The molecule has 0 bridgehead atoms. The molecule has 1 amide bonds. The van der Waals surface area contributed by atoms with E-state index >= 15 is 0 Å². The van der Waals surface area contributed by atoms with Crippen LogP contribution in [0.25, 0.3) is 0 Å². The van der Waals surface area contributed by atoms with Crippen molar-refractivity contribution in [3.63, 3.8) is 0 Å². The van der Waals surface area contributed by atoms with Gasteiger partial charge < -0.3 is 15.2 Å². The summed E-state index contributed by atoms with van der Waals surface area (Å²) in [4.78, 5) is 11.8. The molecule has 0 aliphatic heterocycles. The second kappa shape index (κ2) is 6.43. The van der Waals surface area contributed by atoms with E-state index in [0.717, 1.165) is 0 Å². The molecular formula is C15H14BrNO3. The number of aryl methyl sites for hydroxylation is 1. The lowest BCUT2D eigenvalue weighted by Gasteiger charge is -2.09. The van der Waals surface area contributed by atoms with Crippen LogP contribution in [0.1, 0.15) is 5.56 Å². The average Bonchev–Trinajstić information content (AvgIpc) is 2.43. The van der Waals surface area contributed by atoms with Gasteiger partial charge in [0.1, 0.15) is 11.5 Å². The molecule has 4 nitrogen and oxygen atoms in total. The molecule has 20 heavy (non-hydrogen) atoms. The molecule has 2 aromatic carbocycles. The first-order valence-corrected chi connectivity index (χ1v) is 6.82. The van der Waals surface area contributed by atoms with E-state index in [-0.39, 0.29) is 18.3 Å². The fourth-order valence-corrected chi connectivity index (χ4v) is 2.23. The summed E-state index contributed by atoms with van der Waals surface area (Å²) in [6.45, 7) is 1.69. The lowest BCUT2D eigenvalue weighted by Crippen LogP contribution is -2.20. The van der Waals surface area contributed by atoms with Crippen molar-refractivity contribution in [2.45, 2.75) is 6.92 Å². The van der Waals surface area contributed by atoms with E-state index in [1.807, 2.05) is 18.2 Å². The number of amides is 1. The van der Waals surface area contributed by atoms with Crippen LogP contribution >= 0.6 is 15.9 Å². The van der Waals surface area contributed by atoms with Crippen molar-refractivity contribution in [3.8, 4) is 11.5 Å². The van der Waals surface area contributed by atoms with E-state index in [0.29, 0.717) is 21.5 Å². The number of phenolic OH excluding ortho intramolecular Hbond substituents is 1. The Hall–Kier alpha value is -2.01. The van der Waals surface area contributed by atoms with Gasteiger partial charge in [0.25, 0.3) is 5.91 Å². The van der Waals surface area contributed by atoms with Gasteiger partial charge in [-0.25, -0.2) is 0 Å². The lowest BCUT2D eigenvalue weighted by atomic mass is 10.2. The van der Waals surface area contributed by atoms with Crippen molar-refractivity contribution in [2.24, 2.45) is 0 Å². The summed E-state index contributed by atoms with van der Waals surface area (Å²) in [6, 6.07) is 12.5. The Morgan fingerprint density at radius 1 is 1.30 bits per heavy atom. The number of phenols is 1. The highest BCUT2D eigenvalue weighted by Gasteiger charge is 2.08. The Morgan fingerprint density at radius 2 is 2.00 bits per heavy atom. The molecule has 0 saturated heterocycles. The van der Waals surface area contributed by atoms with Crippen molar-refractivity contribution >= 4 is 27.5 Å². The number of ether oxygens (including phenoxy) is 1. The molecule has 0 aliphatic carbocycles. The van der Waals surface area contributed by atoms with Crippen molar-refractivity contribution in [1.29, 1.82) is 0 Å². The minimum absolute atomic E-state index is 0.0679. The third-order valence-corrected chi connectivity index (χ3v) is 3.26. The van der Waals surface area contributed by atoms with E-state index in [2.05, 4.69) is 21.2 Å². The number of anilines is 1. The molecule has 5 heteroatoms. The lowest BCUT2D eigenvalue weighted by molar-refractivity contribution is -0.118. The Labute approximate surface area is 125 Å². The molecule has 0 spiro atoms. The number of carbonyl (C=O) groups excluding carboxylic acids is 1. The van der Waals surface area contributed by atoms with Crippen molar-refractivity contribution < 1.29 is 14.6 Å². The van der Waals surface area contributed by atoms with Crippen LogP contribution in [-0.4, -0.2) is 17.6 Å². The Balaban J connectivity index is 1.95. The molecule has 2 aromatic rings. The van der Waals surface area contributed by atoms with E-state index in [4.69, 9.17) is 4.74 Å². The maximum Gasteiger partial charge on any atom is 0.262 e. The number of carbonyl (C=O) groups is 1. The average molecular weight is 336 g/mol. The number of nitrogens with one attached hydrogen (secondary N) is 1. The van der Waals surface area contributed by atoms with Crippen LogP contribution in [-0.2, 0) is 4.79 Å². The van der Waals surface area contributed by atoms with Crippen LogP contribution in [0.3, 0.4) is 0 Å². The molecule has 104 valence electrons. The molecule has 0 atom stereocenters. The summed E-state index contributed by atoms with van der Waals surface area (Å²) >= 11 is 3.23. The van der Waals surface area contributed by atoms with Crippen molar-refractivity contribution in [3.05, 3.63) is 52.5 Å². The van der Waals surface area contributed by atoms with Crippen LogP contribution in [0.5, 0.6) is 11.5 Å². The molecule has 0 aliphatic rings. The van der Waals surface area contributed by atoms with E-state index in [1.165, 1.54) is 0 Å². The highest BCUT2D eigenvalue weighted by Crippen LogP contribution is 2.30. The van der Waals surface area contributed by atoms with Gasteiger partial charge in [-0.2, -0.15) is 0 Å². The third kappa shape index (κ3) is 3.74. The normalized spacial score (nSPS) is 10.1. The predicted molar refractivity (Wildman–Crippen MR) is 81.1 cm³/mol. The number of benzene rings is 2. The number of hydrogen-bond donors (Lipinski definition) is 2. The Bertz CT molecular complexity index is 591. The fraction of sp³-hybridized carbons (Fsp3) is 0.133. The molecule has 2 rings (SSSR count). The van der Waals surface area contributed by atoms with Gasteiger partial charge in [-0.05, 0) is 52.7 Å². The summed E-state index contributed by atoms with van der Waals surface area (Å²) in [6.07, 6.45) is 0. The van der Waals surface area contributed by atoms with E-state index in [1.54, 1.807) is 31.2 Å². The minimum Gasteiger partial charge on any atom is -0.506 e. The largest absolute Gasteiger partial charge is 0.506 e. The van der Waals surface area contributed by atoms with Crippen LogP contribution in [0, 0.1) is 6.92 Å². The zero-order chi connectivity index (χ0) is 14.5. The smallest absolute Gasteiger partial charge is 0.262 e.